The number of hydrogen-bond acceptors (Lipinski definition) is 3. The number of hydrogen-bond donors (Lipinski definition) is 1. The van der Waals surface area contributed by atoms with Crippen LogP contribution in [-0.2, 0) is 0 Å². The summed E-state index contributed by atoms with van der Waals surface area (Å²) in [5.74, 6) is 1.35. The average molecular weight is 296 g/mol. The Kier molecular flexibility index (Phi) is 5.37. The summed E-state index contributed by atoms with van der Waals surface area (Å²) in [4.78, 5) is 4.29. The Bertz CT molecular complexity index is 403. The first-order chi connectivity index (χ1) is 7.68. The van der Waals surface area contributed by atoms with Crippen molar-refractivity contribution >= 4 is 41.4 Å². The zero-order valence-electron chi connectivity index (χ0n) is 9.24. The number of benzene rings is 1. The maximum Gasteiger partial charge on any atom is 0.157 e. The smallest absolute Gasteiger partial charge is 0.157 e. The molecule has 3 nitrogen and oxygen atoms in total. The topological polar surface area (TPSA) is 33.6 Å². The van der Waals surface area contributed by atoms with Crippen LogP contribution in [0.25, 0.3) is 0 Å². The molecule has 1 aliphatic rings. The van der Waals surface area contributed by atoms with Crippen LogP contribution < -0.4 is 10.1 Å². The lowest BCUT2D eigenvalue weighted by atomic mass is 10.3. The van der Waals surface area contributed by atoms with E-state index >= 15 is 0 Å². The van der Waals surface area contributed by atoms with Crippen LogP contribution in [0.1, 0.15) is 6.92 Å². The molecular weight excluding hydrogens is 282 g/mol. The third kappa shape index (κ3) is 3.41. The summed E-state index contributed by atoms with van der Waals surface area (Å²) in [6.07, 6.45) is -0.167. The SMILES string of the molecule is C[C@@H](Oc1c(Cl)cccc1Cl)C1=NCCN1.Cl. The van der Waals surface area contributed by atoms with Crippen LogP contribution in [0.5, 0.6) is 5.75 Å². The Morgan fingerprint density at radius 3 is 2.53 bits per heavy atom. The second-order valence-electron chi connectivity index (χ2n) is 3.50. The number of nitrogens with one attached hydrogen (secondary N) is 1. The number of aliphatic imine (C=N–C) groups is 1. The van der Waals surface area contributed by atoms with Crippen LogP contribution in [0.2, 0.25) is 10.0 Å². The van der Waals surface area contributed by atoms with Gasteiger partial charge in [0.25, 0.3) is 0 Å². The zero-order valence-corrected chi connectivity index (χ0v) is 11.6. The van der Waals surface area contributed by atoms with Gasteiger partial charge >= 0.3 is 0 Å². The molecule has 0 saturated heterocycles. The maximum atomic E-state index is 6.01. The molecular formula is C11H13Cl3N2O. The number of halogens is 3. The minimum absolute atomic E-state index is 0. The van der Waals surface area contributed by atoms with Crippen molar-refractivity contribution in [1.29, 1.82) is 0 Å². The molecule has 0 fully saturated rings. The zero-order chi connectivity index (χ0) is 11.5. The third-order valence-corrected chi connectivity index (χ3v) is 2.89. The average Bonchev–Trinajstić information content (AvgIpc) is 2.76. The summed E-state index contributed by atoms with van der Waals surface area (Å²) < 4.78 is 5.70. The Labute approximate surface area is 117 Å². The lowest BCUT2D eigenvalue weighted by molar-refractivity contribution is 0.284. The van der Waals surface area contributed by atoms with E-state index in [0.717, 1.165) is 18.9 Å². The predicted molar refractivity (Wildman–Crippen MR) is 74.1 cm³/mol. The summed E-state index contributed by atoms with van der Waals surface area (Å²) in [6.45, 7) is 3.56. The van der Waals surface area contributed by atoms with Gasteiger partial charge in [0, 0.05) is 6.54 Å². The van der Waals surface area contributed by atoms with Crippen molar-refractivity contribution in [2.24, 2.45) is 4.99 Å². The van der Waals surface area contributed by atoms with E-state index in [0.29, 0.717) is 15.8 Å². The van der Waals surface area contributed by atoms with E-state index in [1.54, 1.807) is 18.2 Å². The molecule has 1 aliphatic heterocycles. The summed E-state index contributed by atoms with van der Waals surface area (Å²) >= 11 is 12.0. The van der Waals surface area contributed by atoms with Gasteiger partial charge in [-0.05, 0) is 19.1 Å². The molecule has 94 valence electrons. The van der Waals surface area contributed by atoms with Gasteiger partial charge < -0.3 is 10.1 Å². The maximum absolute atomic E-state index is 6.01. The number of amidine groups is 1. The van der Waals surface area contributed by atoms with E-state index in [1.807, 2.05) is 6.92 Å². The minimum Gasteiger partial charge on any atom is -0.480 e. The molecule has 17 heavy (non-hydrogen) atoms. The summed E-state index contributed by atoms with van der Waals surface area (Å²) in [5.41, 5.74) is 0. The Morgan fingerprint density at radius 1 is 1.35 bits per heavy atom. The molecule has 1 aromatic rings. The van der Waals surface area contributed by atoms with Crippen molar-refractivity contribution in [3.8, 4) is 5.75 Å². The van der Waals surface area contributed by atoms with Gasteiger partial charge in [0.05, 0.1) is 16.6 Å². The summed E-state index contributed by atoms with van der Waals surface area (Å²) in [6, 6.07) is 5.28. The molecule has 0 spiro atoms. The molecule has 0 aliphatic carbocycles. The predicted octanol–water partition coefficient (Wildman–Crippen LogP) is 3.18. The van der Waals surface area contributed by atoms with E-state index in [4.69, 9.17) is 27.9 Å². The first kappa shape index (κ1) is 14.4. The molecule has 1 atom stereocenters. The molecule has 1 N–H and O–H groups in total. The molecule has 0 aromatic heterocycles. The van der Waals surface area contributed by atoms with E-state index in [9.17, 15) is 0 Å². The summed E-state index contributed by atoms with van der Waals surface area (Å²) in [5, 5.41) is 4.18. The number of para-hydroxylation sites is 1. The highest BCUT2D eigenvalue weighted by Crippen LogP contribution is 2.33. The first-order valence-electron chi connectivity index (χ1n) is 5.07. The molecule has 2 rings (SSSR count). The van der Waals surface area contributed by atoms with Gasteiger partial charge in [-0.15, -0.1) is 12.4 Å². The van der Waals surface area contributed by atoms with Crippen molar-refractivity contribution in [3.63, 3.8) is 0 Å². The van der Waals surface area contributed by atoms with Gasteiger partial charge in [-0.3, -0.25) is 4.99 Å². The number of rotatable bonds is 3. The molecule has 0 bridgehead atoms. The van der Waals surface area contributed by atoms with Crippen LogP contribution in [-0.4, -0.2) is 25.0 Å². The molecule has 6 heteroatoms. The van der Waals surface area contributed by atoms with Gasteiger partial charge in [-0.1, -0.05) is 29.3 Å². The number of nitrogens with zero attached hydrogens (tertiary/aromatic N) is 1. The monoisotopic (exact) mass is 294 g/mol. The van der Waals surface area contributed by atoms with Crippen LogP contribution in [0.3, 0.4) is 0 Å². The molecule has 0 unspecified atom stereocenters. The fourth-order valence-electron chi connectivity index (χ4n) is 1.52. The van der Waals surface area contributed by atoms with Crippen LogP contribution >= 0.6 is 35.6 Å². The van der Waals surface area contributed by atoms with E-state index in [-0.39, 0.29) is 18.5 Å². The van der Waals surface area contributed by atoms with Gasteiger partial charge in [-0.25, -0.2) is 0 Å². The Hall–Kier alpha value is -0.640. The lowest BCUT2D eigenvalue weighted by Crippen LogP contribution is -2.33. The van der Waals surface area contributed by atoms with E-state index in [1.165, 1.54) is 0 Å². The van der Waals surface area contributed by atoms with Gasteiger partial charge in [0.1, 0.15) is 5.84 Å². The van der Waals surface area contributed by atoms with Gasteiger partial charge in [0.2, 0.25) is 0 Å². The fraction of sp³-hybridized carbons (Fsp3) is 0.364. The van der Waals surface area contributed by atoms with Crippen molar-refractivity contribution < 1.29 is 4.74 Å². The lowest BCUT2D eigenvalue weighted by Gasteiger charge is -2.16. The highest BCUT2D eigenvalue weighted by molar-refractivity contribution is 6.37. The molecule has 1 aromatic carbocycles. The van der Waals surface area contributed by atoms with Crippen molar-refractivity contribution in [1.82, 2.24) is 5.32 Å². The van der Waals surface area contributed by atoms with Crippen LogP contribution in [0.15, 0.2) is 23.2 Å². The fourth-order valence-corrected chi connectivity index (χ4v) is 2.00. The van der Waals surface area contributed by atoms with Crippen molar-refractivity contribution in [2.45, 2.75) is 13.0 Å². The highest BCUT2D eigenvalue weighted by Gasteiger charge is 2.17. The minimum atomic E-state index is -0.167. The Morgan fingerprint density at radius 2 is 2.00 bits per heavy atom. The summed E-state index contributed by atoms with van der Waals surface area (Å²) in [7, 11) is 0. The van der Waals surface area contributed by atoms with Crippen molar-refractivity contribution in [2.75, 3.05) is 13.1 Å². The van der Waals surface area contributed by atoms with Gasteiger partial charge in [0.15, 0.2) is 11.9 Å². The quantitative estimate of drug-likeness (QED) is 0.929. The van der Waals surface area contributed by atoms with Gasteiger partial charge in [-0.2, -0.15) is 0 Å². The second kappa shape index (κ2) is 6.34. The van der Waals surface area contributed by atoms with E-state index in [2.05, 4.69) is 10.3 Å². The molecule has 0 amide bonds. The first-order valence-corrected chi connectivity index (χ1v) is 5.83. The standard InChI is InChI=1S/C11H12Cl2N2O.ClH/c1-7(11-14-5-6-15-11)16-10-8(12)3-2-4-9(10)13;/h2-4,7H,5-6H2,1H3,(H,14,15);1H/t7-;/m1./s1. The normalized spacial score (nSPS) is 15.6. The van der Waals surface area contributed by atoms with Crippen LogP contribution in [0.4, 0.5) is 0 Å². The van der Waals surface area contributed by atoms with E-state index < -0.39 is 0 Å². The molecule has 1 heterocycles. The van der Waals surface area contributed by atoms with Crippen molar-refractivity contribution in [3.05, 3.63) is 28.2 Å². The molecule has 0 saturated carbocycles. The second-order valence-corrected chi connectivity index (χ2v) is 4.32. The molecule has 0 radical (unpaired) electrons. The Balaban J connectivity index is 0.00000144. The van der Waals surface area contributed by atoms with Crippen LogP contribution in [0, 0.1) is 0 Å². The number of ether oxygens (including phenoxy) is 1. The third-order valence-electron chi connectivity index (χ3n) is 2.30. The largest absolute Gasteiger partial charge is 0.480 e. The highest BCUT2D eigenvalue weighted by atomic mass is 35.5.